The number of nitrogens with zero attached hydrogens (tertiary/aromatic N) is 5. The molecule has 1 aliphatic rings. The second-order valence-electron chi connectivity index (χ2n) is 7.46. The Labute approximate surface area is 148 Å². The molecule has 1 aromatic heterocycles. The average molecular weight is 343 g/mol. The number of carbonyl (C=O) groups is 1. The zero-order chi connectivity index (χ0) is 18.0. The van der Waals surface area contributed by atoms with Crippen molar-refractivity contribution in [2.45, 2.75) is 58.6 Å². The predicted octanol–water partition coefficient (Wildman–Crippen LogP) is 3.43. The standard InChI is InChI=1S/C18H25N5O2/c1-13-8-7-9-14(12-13)23-20-16(19-21-23)15-10-5-6-11-22(15)17(24)25-18(2,3)4/h7-9,12,15H,5-6,10-11H2,1-4H3. The Bertz CT molecular complexity index is 750. The first-order valence-corrected chi connectivity index (χ1v) is 8.70. The van der Waals surface area contributed by atoms with E-state index < -0.39 is 5.60 Å². The van der Waals surface area contributed by atoms with Crippen molar-refractivity contribution in [1.29, 1.82) is 0 Å². The van der Waals surface area contributed by atoms with E-state index in [1.165, 1.54) is 4.80 Å². The van der Waals surface area contributed by atoms with Crippen molar-refractivity contribution in [2.75, 3.05) is 6.54 Å². The molecule has 1 saturated heterocycles. The number of hydrogen-bond acceptors (Lipinski definition) is 5. The van der Waals surface area contributed by atoms with Gasteiger partial charge in [0.25, 0.3) is 0 Å². The van der Waals surface area contributed by atoms with E-state index in [1.807, 2.05) is 52.0 Å². The molecule has 1 aromatic carbocycles. The first kappa shape index (κ1) is 17.4. The fourth-order valence-corrected chi connectivity index (χ4v) is 2.96. The monoisotopic (exact) mass is 343 g/mol. The highest BCUT2D eigenvalue weighted by Crippen LogP contribution is 2.30. The van der Waals surface area contributed by atoms with Gasteiger partial charge in [0.1, 0.15) is 5.60 Å². The fourth-order valence-electron chi connectivity index (χ4n) is 2.96. The number of ether oxygens (including phenoxy) is 1. The molecule has 7 nitrogen and oxygen atoms in total. The molecule has 1 atom stereocenters. The van der Waals surface area contributed by atoms with Crippen LogP contribution in [0.5, 0.6) is 0 Å². The summed E-state index contributed by atoms with van der Waals surface area (Å²) in [5.41, 5.74) is 1.47. The molecule has 1 fully saturated rings. The van der Waals surface area contributed by atoms with Crippen LogP contribution in [0.15, 0.2) is 24.3 Å². The lowest BCUT2D eigenvalue weighted by Gasteiger charge is -2.35. The van der Waals surface area contributed by atoms with E-state index in [2.05, 4.69) is 15.4 Å². The minimum absolute atomic E-state index is 0.192. The Balaban J connectivity index is 1.82. The molecular weight excluding hydrogens is 318 g/mol. The maximum Gasteiger partial charge on any atom is 0.410 e. The molecule has 1 unspecified atom stereocenters. The summed E-state index contributed by atoms with van der Waals surface area (Å²) in [6.45, 7) is 8.29. The van der Waals surface area contributed by atoms with Gasteiger partial charge >= 0.3 is 6.09 Å². The number of amides is 1. The predicted molar refractivity (Wildman–Crippen MR) is 93.4 cm³/mol. The first-order valence-electron chi connectivity index (χ1n) is 8.70. The lowest BCUT2D eigenvalue weighted by molar-refractivity contribution is 0.00843. The smallest absolute Gasteiger partial charge is 0.410 e. The van der Waals surface area contributed by atoms with Crippen LogP contribution in [0.3, 0.4) is 0 Å². The minimum Gasteiger partial charge on any atom is -0.444 e. The molecule has 0 bridgehead atoms. The van der Waals surface area contributed by atoms with E-state index in [0.717, 1.165) is 30.5 Å². The second-order valence-corrected chi connectivity index (χ2v) is 7.46. The van der Waals surface area contributed by atoms with Gasteiger partial charge in [0, 0.05) is 6.54 Å². The number of likely N-dealkylation sites (tertiary alicyclic amines) is 1. The van der Waals surface area contributed by atoms with E-state index in [-0.39, 0.29) is 12.1 Å². The van der Waals surface area contributed by atoms with Crippen molar-refractivity contribution in [2.24, 2.45) is 0 Å². The number of hydrogen-bond donors (Lipinski definition) is 0. The fraction of sp³-hybridized carbons (Fsp3) is 0.556. The third kappa shape index (κ3) is 4.15. The molecule has 0 N–H and O–H groups in total. The van der Waals surface area contributed by atoms with Crippen LogP contribution in [-0.4, -0.2) is 43.3 Å². The van der Waals surface area contributed by atoms with Gasteiger partial charge in [-0.05, 0) is 69.9 Å². The zero-order valence-electron chi connectivity index (χ0n) is 15.3. The number of tetrazole rings is 1. The summed E-state index contributed by atoms with van der Waals surface area (Å²) in [5.74, 6) is 0.562. The Morgan fingerprint density at radius 3 is 2.80 bits per heavy atom. The lowest BCUT2D eigenvalue weighted by Crippen LogP contribution is -2.42. The van der Waals surface area contributed by atoms with E-state index >= 15 is 0 Å². The summed E-state index contributed by atoms with van der Waals surface area (Å²) < 4.78 is 5.54. The number of piperidine rings is 1. The molecule has 0 radical (unpaired) electrons. The highest BCUT2D eigenvalue weighted by Gasteiger charge is 2.34. The van der Waals surface area contributed by atoms with Crippen molar-refractivity contribution in [3.05, 3.63) is 35.7 Å². The summed E-state index contributed by atoms with van der Waals surface area (Å²) in [5, 5.41) is 12.9. The van der Waals surface area contributed by atoms with Crippen LogP contribution in [0.1, 0.15) is 57.5 Å². The largest absolute Gasteiger partial charge is 0.444 e. The number of benzene rings is 1. The van der Waals surface area contributed by atoms with Gasteiger partial charge in [0.2, 0.25) is 0 Å². The van der Waals surface area contributed by atoms with Crippen LogP contribution < -0.4 is 0 Å². The van der Waals surface area contributed by atoms with Crippen molar-refractivity contribution >= 4 is 6.09 Å². The second kappa shape index (κ2) is 6.82. The maximum atomic E-state index is 12.5. The Morgan fingerprint density at radius 2 is 2.08 bits per heavy atom. The third-order valence-electron chi connectivity index (χ3n) is 4.09. The quantitative estimate of drug-likeness (QED) is 0.835. The molecule has 25 heavy (non-hydrogen) atoms. The van der Waals surface area contributed by atoms with Crippen molar-refractivity contribution in [3.8, 4) is 5.69 Å². The van der Waals surface area contributed by atoms with Gasteiger partial charge in [-0.15, -0.1) is 15.0 Å². The van der Waals surface area contributed by atoms with Crippen LogP contribution >= 0.6 is 0 Å². The van der Waals surface area contributed by atoms with E-state index in [4.69, 9.17) is 4.74 Å². The van der Waals surface area contributed by atoms with Gasteiger partial charge in [0.15, 0.2) is 5.82 Å². The van der Waals surface area contributed by atoms with Crippen LogP contribution in [-0.2, 0) is 4.74 Å². The summed E-state index contributed by atoms with van der Waals surface area (Å²) in [6, 6.07) is 7.72. The van der Waals surface area contributed by atoms with Crippen molar-refractivity contribution < 1.29 is 9.53 Å². The van der Waals surface area contributed by atoms with Gasteiger partial charge < -0.3 is 4.74 Å². The summed E-state index contributed by atoms with van der Waals surface area (Å²) in [4.78, 5) is 15.8. The summed E-state index contributed by atoms with van der Waals surface area (Å²) in [6.07, 6.45) is 2.49. The molecule has 0 aliphatic carbocycles. The lowest BCUT2D eigenvalue weighted by atomic mass is 10.0. The van der Waals surface area contributed by atoms with Crippen LogP contribution in [0, 0.1) is 6.92 Å². The number of carbonyl (C=O) groups excluding carboxylic acids is 1. The van der Waals surface area contributed by atoms with E-state index in [9.17, 15) is 4.79 Å². The maximum absolute atomic E-state index is 12.5. The molecule has 2 aromatic rings. The molecule has 1 aliphatic heterocycles. The Hall–Kier alpha value is -2.44. The highest BCUT2D eigenvalue weighted by atomic mass is 16.6. The van der Waals surface area contributed by atoms with Crippen LogP contribution in [0.2, 0.25) is 0 Å². The highest BCUT2D eigenvalue weighted by molar-refractivity contribution is 5.68. The van der Waals surface area contributed by atoms with Gasteiger partial charge in [-0.1, -0.05) is 12.1 Å². The van der Waals surface area contributed by atoms with Gasteiger partial charge in [-0.25, -0.2) is 4.79 Å². The molecule has 3 rings (SSSR count). The number of rotatable bonds is 2. The number of aryl methyl sites for hydroxylation is 1. The molecule has 134 valence electrons. The molecular formula is C18H25N5O2. The average Bonchev–Trinajstić information content (AvgIpc) is 3.03. The summed E-state index contributed by atoms with van der Waals surface area (Å²) >= 11 is 0. The normalized spacial score (nSPS) is 18.2. The zero-order valence-corrected chi connectivity index (χ0v) is 15.3. The Kier molecular flexibility index (Phi) is 4.74. The third-order valence-corrected chi connectivity index (χ3v) is 4.09. The first-order chi connectivity index (χ1) is 11.8. The minimum atomic E-state index is -0.522. The summed E-state index contributed by atoms with van der Waals surface area (Å²) in [7, 11) is 0. The number of aromatic nitrogens is 4. The molecule has 7 heteroatoms. The topological polar surface area (TPSA) is 73.1 Å². The molecule has 0 saturated carbocycles. The molecule has 0 spiro atoms. The van der Waals surface area contributed by atoms with Gasteiger partial charge in [-0.3, -0.25) is 4.90 Å². The van der Waals surface area contributed by atoms with Crippen LogP contribution in [0.4, 0.5) is 4.79 Å². The van der Waals surface area contributed by atoms with E-state index in [1.54, 1.807) is 4.90 Å². The van der Waals surface area contributed by atoms with Crippen molar-refractivity contribution in [3.63, 3.8) is 0 Å². The Morgan fingerprint density at radius 1 is 1.28 bits per heavy atom. The van der Waals surface area contributed by atoms with Crippen molar-refractivity contribution in [1.82, 2.24) is 25.1 Å². The molecule has 2 heterocycles. The van der Waals surface area contributed by atoms with Gasteiger partial charge in [0.05, 0.1) is 11.7 Å². The van der Waals surface area contributed by atoms with Gasteiger partial charge in [-0.2, -0.15) is 0 Å². The van der Waals surface area contributed by atoms with Crippen LogP contribution in [0.25, 0.3) is 5.69 Å². The van der Waals surface area contributed by atoms with E-state index in [0.29, 0.717) is 12.4 Å². The SMILES string of the molecule is Cc1cccc(-n2nnc(C3CCCCN3C(=O)OC(C)(C)C)n2)c1. The molecule has 1 amide bonds.